The zero-order valence-corrected chi connectivity index (χ0v) is 11.2. The largest absolute Gasteiger partial charge is 0.490 e. The van der Waals surface area contributed by atoms with Crippen molar-refractivity contribution in [3.05, 3.63) is 11.8 Å². The number of urea groups is 1. The van der Waals surface area contributed by atoms with E-state index in [1.165, 1.54) is 0 Å². The third-order valence-corrected chi connectivity index (χ3v) is 2.16. The summed E-state index contributed by atoms with van der Waals surface area (Å²) in [6.45, 7) is 2.84. The molecule has 1 aliphatic rings. The van der Waals surface area contributed by atoms with Gasteiger partial charge in [0.1, 0.15) is 0 Å². The first kappa shape index (κ1) is 17.7. The predicted octanol–water partition coefficient (Wildman–Crippen LogP) is 0.641. The van der Waals surface area contributed by atoms with E-state index in [1.807, 2.05) is 0 Å². The first-order valence-electron chi connectivity index (χ1n) is 5.84. The molecule has 1 aromatic heterocycles. The SMILES string of the molecule is Cc1cc(NC(=O)NC2CNOC2)on1.O=C(O)C(F)(F)F. The molecule has 2 heterocycles. The molecule has 0 bridgehead atoms. The third kappa shape index (κ3) is 6.41. The number of carbonyl (C=O) groups excluding carboxylic acids is 1. The van der Waals surface area contributed by atoms with Crippen molar-refractivity contribution in [1.82, 2.24) is 16.0 Å². The first-order chi connectivity index (χ1) is 10.2. The second-order valence-corrected chi connectivity index (χ2v) is 4.09. The molecular formula is C10H13F3N4O5. The van der Waals surface area contributed by atoms with Crippen molar-refractivity contribution in [3.8, 4) is 0 Å². The molecule has 22 heavy (non-hydrogen) atoms. The summed E-state index contributed by atoms with van der Waals surface area (Å²) in [6, 6.07) is 1.29. The molecule has 9 nitrogen and oxygen atoms in total. The van der Waals surface area contributed by atoms with E-state index < -0.39 is 12.1 Å². The Bertz CT molecular complexity index is 513. The maximum atomic E-state index is 11.4. The number of carboxylic acid groups (broad SMARTS) is 1. The predicted molar refractivity (Wildman–Crippen MR) is 64.8 cm³/mol. The Morgan fingerprint density at radius 2 is 2.14 bits per heavy atom. The highest BCUT2D eigenvalue weighted by molar-refractivity contribution is 5.88. The van der Waals surface area contributed by atoms with Crippen molar-refractivity contribution in [2.24, 2.45) is 0 Å². The molecule has 0 radical (unpaired) electrons. The van der Waals surface area contributed by atoms with Gasteiger partial charge in [-0.05, 0) is 6.92 Å². The van der Waals surface area contributed by atoms with Crippen molar-refractivity contribution in [2.45, 2.75) is 19.1 Å². The van der Waals surface area contributed by atoms with Gasteiger partial charge < -0.3 is 14.9 Å². The maximum Gasteiger partial charge on any atom is 0.490 e. The van der Waals surface area contributed by atoms with Gasteiger partial charge >= 0.3 is 18.2 Å². The molecule has 1 atom stereocenters. The molecule has 1 unspecified atom stereocenters. The summed E-state index contributed by atoms with van der Waals surface area (Å²) in [5.41, 5.74) is 3.39. The van der Waals surface area contributed by atoms with Gasteiger partial charge in [-0.15, -0.1) is 0 Å². The van der Waals surface area contributed by atoms with Crippen LogP contribution in [0.3, 0.4) is 0 Å². The second kappa shape index (κ2) is 7.61. The fourth-order valence-corrected chi connectivity index (χ4v) is 1.23. The topological polar surface area (TPSA) is 126 Å². The second-order valence-electron chi connectivity index (χ2n) is 4.09. The highest BCUT2D eigenvalue weighted by Crippen LogP contribution is 2.13. The van der Waals surface area contributed by atoms with Gasteiger partial charge in [0, 0.05) is 12.6 Å². The van der Waals surface area contributed by atoms with E-state index in [0.717, 1.165) is 5.69 Å². The Hall–Kier alpha value is -2.34. The number of carboxylic acids is 1. The average molecular weight is 326 g/mol. The lowest BCUT2D eigenvalue weighted by atomic mass is 10.3. The fourth-order valence-electron chi connectivity index (χ4n) is 1.23. The van der Waals surface area contributed by atoms with Crippen LogP contribution in [-0.4, -0.2) is 47.6 Å². The van der Waals surface area contributed by atoms with Gasteiger partial charge in [-0.1, -0.05) is 5.16 Å². The van der Waals surface area contributed by atoms with Crippen molar-refractivity contribution >= 4 is 17.9 Å². The molecule has 1 aromatic rings. The maximum absolute atomic E-state index is 11.4. The van der Waals surface area contributed by atoms with E-state index in [-0.39, 0.29) is 12.1 Å². The molecule has 0 aromatic carbocycles. The fraction of sp³-hybridized carbons (Fsp3) is 0.500. The van der Waals surface area contributed by atoms with Gasteiger partial charge in [-0.2, -0.15) is 13.2 Å². The number of alkyl halides is 3. The van der Waals surface area contributed by atoms with E-state index in [4.69, 9.17) is 19.3 Å². The number of hydrogen-bond donors (Lipinski definition) is 4. The number of hydrogen-bond acceptors (Lipinski definition) is 6. The molecular weight excluding hydrogens is 313 g/mol. The van der Waals surface area contributed by atoms with Gasteiger partial charge in [-0.25, -0.2) is 15.1 Å². The summed E-state index contributed by atoms with van der Waals surface area (Å²) in [7, 11) is 0. The van der Waals surface area contributed by atoms with Gasteiger partial charge in [0.15, 0.2) is 0 Å². The first-order valence-corrected chi connectivity index (χ1v) is 5.84. The summed E-state index contributed by atoms with van der Waals surface area (Å²) in [4.78, 5) is 25.2. The van der Waals surface area contributed by atoms with Crippen LogP contribution in [0.5, 0.6) is 0 Å². The molecule has 2 amide bonds. The standard InChI is InChI=1S/C8H12N4O3.C2HF3O2/c1-5-2-7(15-12-5)11-8(13)10-6-3-9-14-4-6;3-2(4,5)1(6)7/h2,6,9H,3-4H2,1H3,(H2,10,11,13);(H,6,7). The number of nitrogens with one attached hydrogen (secondary N) is 3. The van der Waals surface area contributed by atoms with Gasteiger partial charge in [0.05, 0.1) is 18.3 Å². The van der Waals surface area contributed by atoms with Crippen molar-refractivity contribution in [2.75, 3.05) is 18.5 Å². The number of aliphatic carboxylic acids is 1. The summed E-state index contributed by atoms with van der Waals surface area (Å²) in [6.07, 6.45) is -5.08. The lowest BCUT2D eigenvalue weighted by molar-refractivity contribution is -0.192. The van der Waals surface area contributed by atoms with Crippen LogP contribution in [-0.2, 0) is 9.63 Å². The van der Waals surface area contributed by atoms with E-state index in [2.05, 4.69) is 21.3 Å². The lowest BCUT2D eigenvalue weighted by Crippen LogP contribution is -2.40. The minimum atomic E-state index is -5.08. The minimum absolute atomic E-state index is 0.0194. The van der Waals surface area contributed by atoms with Crippen molar-refractivity contribution in [3.63, 3.8) is 0 Å². The number of amides is 2. The number of anilines is 1. The number of nitrogens with zero attached hydrogens (tertiary/aromatic N) is 1. The Morgan fingerprint density at radius 3 is 2.55 bits per heavy atom. The quantitative estimate of drug-likeness (QED) is 0.628. The Labute approximate surface area is 121 Å². The van der Waals surface area contributed by atoms with Crippen molar-refractivity contribution < 1.29 is 37.2 Å². The Kier molecular flexibility index (Phi) is 6.12. The molecule has 0 aliphatic carbocycles. The smallest absolute Gasteiger partial charge is 0.475 e. The molecule has 124 valence electrons. The van der Waals surface area contributed by atoms with Gasteiger partial charge in [-0.3, -0.25) is 10.2 Å². The van der Waals surface area contributed by atoms with Crippen LogP contribution in [0, 0.1) is 6.92 Å². The van der Waals surface area contributed by atoms with Crippen molar-refractivity contribution in [1.29, 1.82) is 0 Å². The highest BCUT2D eigenvalue weighted by Gasteiger charge is 2.38. The highest BCUT2D eigenvalue weighted by atomic mass is 19.4. The molecule has 1 saturated heterocycles. The van der Waals surface area contributed by atoms with Crippen LogP contribution < -0.4 is 16.1 Å². The van der Waals surface area contributed by atoms with E-state index in [0.29, 0.717) is 19.0 Å². The van der Waals surface area contributed by atoms with Crippen LogP contribution in [0.2, 0.25) is 0 Å². The minimum Gasteiger partial charge on any atom is -0.475 e. The van der Waals surface area contributed by atoms with Gasteiger partial charge in [0.25, 0.3) is 0 Å². The van der Waals surface area contributed by atoms with Crippen LogP contribution in [0.4, 0.5) is 23.8 Å². The Balaban J connectivity index is 0.000000295. The normalized spacial score (nSPS) is 17.4. The number of rotatable bonds is 2. The summed E-state index contributed by atoms with van der Waals surface area (Å²) in [5.74, 6) is -2.43. The zero-order chi connectivity index (χ0) is 16.8. The van der Waals surface area contributed by atoms with E-state index in [9.17, 15) is 18.0 Å². The number of aromatic nitrogens is 1. The van der Waals surface area contributed by atoms with Crippen LogP contribution >= 0.6 is 0 Å². The van der Waals surface area contributed by atoms with Crippen LogP contribution in [0.15, 0.2) is 10.6 Å². The number of halogens is 3. The number of hydroxylamine groups is 1. The lowest BCUT2D eigenvalue weighted by Gasteiger charge is -2.08. The van der Waals surface area contributed by atoms with Gasteiger partial charge in [0.2, 0.25) is 5.88 Å². The summed E-state index contributed by atoms with van der Waals surface area (Å²) < 4.78 is 36.6. The molecule has 12 heteroatoms. The zero-order valence-electron chi connectivity index (χ0n) is 11.2. The molecule has 0 spiro atoms. The molecule has 1 fully saturated rings. The van der Waals surface area contributed by atoms with Crippen LogP contribution in [0.25, 0.3) is 0 Å². The van der Waals surface area contributed by atoms with E-state index in [1.54, 1.807) is 13.0 Å². The molecule has 2 rings (SSSR count). The summed E-state index contributed by atoms with van der Waals surface area (Å²) >= 11 is 0. The summed E-state index contributed by atoms with van der Waals surface area (Å²) in [5, 5.41) is 16.0. The Morgan fingerprint density at radius 1 is 1.50 bits per heavy atom. The van der Waals surface area contributed by atoms with Crippen LogP contribution in [0.1, 0.15) is 5.69 Å². The molecule has 0 saturated carbocycles. The molecule has 4 N–H and O–H groups in total. The average Bonchev–Trinajstić information content (AvgIpc) is 3.01. The number of aryl methyl sites for hydroxylation is 1. The van der Waals surface area contributed by atoms with E-state index >= 15 is 0 Å². The molecule has 1 aliphatic heterocycles. The monoisotopic (exact) mass is 326 g/mol. The third-order valence-electron chi connectivity index (χ3n) is 2.16. The number of carbonyl (C=O) groups is 2.